The first-order chi connectivity index (χ1) is 10.1. The molecule has 21 heavy (non-hydrogen) atoms. The number of H-pyrrole nitrogens is 1. The van der Waals surface area contributed by atoms with Gasteiger partial charge in [0.05, 0.1) is 0 Å². The SMILES string of the molecule is C=C1C=Cc2cc(C(=O)NC)[nH]c2N1c1ccc(F)cc1. The number of nitrogens with one attached hydrogen (secondary N) is 2. The average Bonchev–Trinajstić information content (AvgIpc) is 2.91. The number of hydrogen-bond acceptors (Lipinski definition) is 2. The zero-order valence-corrected chi connectivity index (χ0v) is 11.5. The molecule has 0 unspecified atom stereocenters. The number of halogens is 1. The summed E-state index contributed by atoms with van der Waals surface area (Å²) in [6, 6.07) is 7.90. The largest absolute Gasteiger partial charge is 0.354 e. The normalized spacial score (nSPS) is 13.2. The van der Waals surface area contributed by atoms with Gasteiger partial charge in [-0.1, -0.05) is 6.58 Å². The van der Waals surface area contributed by atoms with Crippen LogP contribution in [0.4, 0.5) is 15.9 Å². The Morgan fingerprint density at radius 2 is 2.00 bits per heavy atom. The Bertz CT molecular complexity index is 743. The highest BCUT2D eigenvalue weighted by atomic mass is 19.1. The van der Waals surface area contributed by atoms with E-state index in [1.54, 1.807) is 25.2 Å². The molecular weight excluding hydrogens is 269 g/mol. The van der Waals surface area contributed by atoms with Gasteiger partial charge in [0.2, 0.25) is 0 Å². The van der Waals surface area contributed by atoms with Crippen LogP contribution in [0.1, 0.15) is 16.1 Å². The molecule has 106 valence electrons. The van der Waals surface area contributed by atoms with Crippen molar-refractivity contribution in [2.45, 2.75) is 0 Å². The number of carbonyl (C=O) groups excluding carboxylic acids is 1. The Morgan fingerprint density at radius 1 is 1.29 bits per heavy atom. The lowest BCUT2D eigenvalue weighted by molar-refractivity contribution is 0.0959. The molecule has 0 saturated heterocycles. The number of hydrogen-bond donors (Lipinski definition) is 2. The standard InChI is InChI=1S/C16H14FN3O/c1-10-3-4-11-9-14(16(21)18-2)19-15(11)20(10)13-7-5-12(17)6-8-13/h3-9,19H,1H2,2H3,(H,18,21). The maximum atomic E-state index is 13.1. The molecule has 2 N–H and O–H groups in total. The van der Waals surface area contributed by atoms with Crippen molar-refractivity contribution >= 4 is 23.5 Å². The molecule has 0 fully saturated rings. The maximum Gasteiger partial charge on any atom is 0.267 e. The van der Waals surface area contributed by atoms with Crippen molar-refractivity contribution in [1.29, 1.82) is 0 Å². The van der Waals surface area contributed by atoms with Gasteiger partial charge in [-0.2, -0.15) is 0 Å². The number of allylic oxidation sites excluding steroid dienone is 1. The molecule has 1 aliphatic rings. The average molecular weight is 283 g/mol. The molecule has 4 nitrogen and oxygen atoms in total. The van der Waals surface area contributed by atoms with Gasteiger partial charge in [-0.3, -0.25) is 9.69 Å². The smallest absolute Gasteiger partial charge is 0.267 e. The molecule has 0 spiro atoms. The third-order valence-corrected chi connectivity index (χ3v) is 3.35. The van der Waals surface area contributed by atoms with Crippen LogP contribution in [0.3, 0.4) is 0 Å². The Balaban J connectivity index is 2.08. The van der Waals surface area contributed by atoms with Crippen LogP contribution >= 0.6 is 0 Å². The summed E-state index contributed by atoms with van der Waals surface area (Å²) in [6.45, 7) is 3.99. The van der Waals surface area contributed by atoms with Crippen molar-refractivity contribution < 1.29 is 9.18 Å². The highest BCUT2D eigenvalue weighted by molar-refractivity contribution is 5.95. The number of fused-ring (bicyclic) bond motifs is 1. The Kier molecular flexibility index (Phi) is 3.10. The van der Waals surface area contributed by atoms with E-state index in [2.05, 4.69) is 16.9 Å². The van der Waals surface area contributed by atoms with Gasteiger partial charge in [-0.25, -0.2) is 4.39 Å². The van der Waals surface area contributed by atoms with Crippen LogP contribution in [0.5, 0.6) is 0 Å². The number of carbonyl (C=O) groups is 1. The van der Waals surface area contributed by atoms with Crippen LogP contribution in [0.25, 0.3) is 6.08 Å². The molecule has 5 heteroatoms. The molecule has 0 saturated carbocycles. The molecule has 2 aromatic rings. The van der Waals surface area contributed by atoms with Crippen molar-refractivity contribution in [3.8, 4) is 0 Å². The van der Waals surface area contributed by atoms with Crippen LogP contribution in [-0.4, -0.2) is 17.9 Å². The lowest BCUT2D eigenvalue weighted by atomic mass is 10.1. The van der Waals surface area contributed by atoms with Gasteiger partial charge in [-0.15, -0.1) is 0 Å². The summed E-state index contributed by atoms with van der Waals surface area (Å²) in [7, 11) is 1.58. The summed E-state index contributed by atoms with van der Waals surface area (Å²) in [6.07, 6.45) is 3.74. The molecule has 0 atom stereocenters. The highest BCUT2D eigenvalue weighted by Gasteiger charge is 2.22. The number of benzene rings is 1. The number of rotatable bonds is 2. The lowest BCUT2D eigenvalue weighted by Crippen LogP contribution is -2.19. The van der Waals surface area contributed by atoms with E-state index in [9.17, 15) is 9.18 Å². The van der Waals surface area contributed by atoms with E-state index in [4.69, 9.17) is 0 Å². The van der Waals surface area contributed by atoms with Crippen LogP contribution in [0.15, 0.2) is 48.7 Å². The minimum Gasteiger partial charge on any atom is -0.354 e. The second-order valence-electron chi connectivity index (χ2n) is 4.70. The van der Waals surface area contributed by atoms with Crippen molar-refractivity contribution in [2.24, 2.45) is 0 Å². The molecule has 0 radical (unpaired) electrons. The second-order valence-corrected chi connectivity index (χ2v) is 4.70. The van der Waals surface area contributed by atoms with E-state index in [1.165, 1.54) is 12.1 Å². The highest BCUT2D eigenvalue weighted by Crippen LogP contribution is 2.36. The third kappa shape index (κ3) is 2.23. The topological polar surface area (TPSA) is 48.1 Å². The Hall–Kier alpha value is -2.82. The van der Waals surface area contributed by atoms with Crippen molar-refractivity contribution in [2.75, 3.05) is 11.9 Å². The monoisotopic (exact) mass is 283 g/mol. The van der Waals surface area contributed by atoms with E-state index in [1.807, 2.05) is 17.1 Å². The fourth-order valence-electron chi connectivity index (χ4n) is 2.32. The number of nitrogens with zero attached hydrogens (tertiary/aromatic N) is 1. The quantitative estimate of drug-likeness (QED) is 0.889. The zero-order valence-electron chi connectivity index (χ0n) is 11.5. The first-order valence-electron chi connectivity index (χ1n) is 6.48. The van der Waals surface area contributed by atoms with Gasteiger partial charge in [0.15, 0.2) is 0 Å². The number of anilines is 2. The molecule has 1 aromatic carbocycles. The van der Waals surface area contributed by atoms with Crippen molar-refractivity contribution in [3.63, 3.8) is 0 Å². The van der Waals surface area contributed by atoms with Gasteiger partial charge < -0.3 is 10.3 Å². The minimum atomic E-state index is -0.297. The predicted molar refractivity (Wildman–Crippen MR) is 80.9 cm³/mol. The minimum absolute atomic E-state index is 0.192. The summed E-state index contributed by atoms with van der Waals surface area (Å²) in [5.74, 6) is 0.254. The van der Waals surface area contributed by atoms with E-state index in [-0.39, 0.29) is 11.7 Å². The third-order valence-electron chi connectivity index (χ3n) is 3.35. The van der Waals surface area contributed by atoms with Crippen LogP contribution in [0, 0.1) is 5.82 Å². The van der Waals surface area contributed by atoms with Crippen LogP contribution in [0.2, 0.25) is 0 Å². The zero-order chi connectivity index (χ0) is 15.0. The molecule has 3 rings (SSSR count). The fraction of sp³-hybridized carbons (Fsp3) is 0.0625. The van der Waals surface area contributed by atoms with E-state index < -0.39 is 0 Å². The molecule has 1 amide bonds. The van der Waals surface area contributed by atoms with Gasteiger partial charge >= 0.3 is 0 Å². The van der Waals surface area contributed by atoms with Crippen LogP contribution in [-0.2, 0) is 0 Å². The molecule has 1 aliphatic heterocycles. The van der Waals surface area contributed by atoms with Crippen molar-refractivity contribution in [3.05, 3.63) is 65.8 Å². The van der Waals surface area contributed by atoms with Gasteiger partial charge in [-0.05, 0) is 42.5 Å². The summed E-state index contributed by atoms with van der Waals surface area (Å²) in [5.41, 5.74) is 2.86. The molecular formula is C16H14FN3O. The summed E-state index contributed by atoms with van der Waals surface area (Å²) in [5, 5.41) is 2.58. The lowest BCUT2D eigenvalue weighted by Gasteiger charge is -2.27. The predicted octanol–water partition coefficient (Wildman–Crippen LogP) is 3.19. The maximum absolute atomic E-state index is 13.1. The number of aromatic amines is 1. The van der Waals surface area contributed by atoms with Crippen molar-refractivity contribution in [1.82, 2.24) is 10.3 Å². The first-order valence-corrected chi connectivity index (χ1v) is 6.48. The number of amides is 1. The molecule has 2 heterocycles. The summed E-state index contributed by atoms with van der Waals surface area (Å²) >= 11 is 0. The Labute approximate surface area is 121 Å². The van der Waals surface area contributed by atoms with E-state index in [0.29, 0.717) is 5.69 Å². The number of aromatic nitrogens is 1. The van der Waals surface area contributed by atoms with Gasteiger partial charge in [0, 0.05) is 24.0 Å². The first kappa shape index (κ1) is 13.2. The Morgan fingerprint density at radius 3 is 2.67 bits per heavy atom. The van der Waals surface area contributed by atoms with E-state index >= 15 is 0 Å². The van der Waals surface area contributed by atoms with E-state index in [0.717, 1.165) is 22.8 Å². The molecule has 0 bridgehead atoms. The van der Waals surface area contributed by atoms with Crippen LogP contribution < -0.4 is 10.2 Å². The van der Waals surface area contributed by atoms with Gasteiger partial charge in [0.1, 0.15) is 17.3 Å². The summed E-state index contributed by atoms with van der Waals surface area (Å²) < 4.78 is 13.1. The van der Waals surface area contributed by atoms with Gasteiger partial charge in [0.25, 0.3) is 5.91 Å². The second kappa shape index (κ2) is 4.94. The summed E-state index contributed by atoms with van der Waals surface area (Å²) in [4.78, 5) is 16.7. The molecule has 0 aliphatic carbocycles. The fourth-order valence-corrected chi connectivity index (χ4v) is 2.32. The molecule has 1 aromatic heterocycles.